The zero-order chi connectivity index (χ0) is 19.3. The highest BCUT2D eigenvalue weighted by Gasteiger charge is 2.22. The minimum absolute atomic E-state index is 0.872. The predicted molar refractivity (Wildman–Crippen MR) is 115 cm³/mol. The molecule has 4 rings (SSSR count). The van der Waals surface area contributed by atoms with Gasteiger partial charge in [-0.05, 0) is 19.0 Å². The molecule has 0 amide bonds. The number of nitrogens with zero attached hydrogens (tertiary/aromatic N) is 6. The van der Waals surface area contributed by atoms with E-state index < -0.39 is 0 Å². The summed E-state index contributed by atoms with van der Waals surface area (Å²) < 4.78 is 0. The quantitative estimate of drug-likeness (QED) is 0.792. The maximum absolute atomic E-state index is 4.75. The maximum Gasteiger partial charge on any atom is 0.134 e. The molecule has 0 unspecified atom stereocenters. The van der Waals surface area contributed by atoms with Crippen molar-refractivity contribution in [3.8, 4) is 0 Å². The van der Waals surface area contributed by atoms with Crippen LogP contribution in [0.15, 0.2) is 36.4 Å². The number of aromatic nitrogens is 2. The molecule has 6 nitrogen and oxygen atoms in total. The Labute approximate surface area is 168 Å². The van der Waals surface area contributed by atoms with Gasteiger partial charge in [0.2, 0.25) is 0 Å². The minimum Gasteiger partial charge on any atom is -0.354 e. The van der Waals surface area contributed by atoms with Gasteiger partial charge in [-0.15, -0.1) is 0 Å². The first-order chi connectivity index (χ1) is 13.7. The van der Waals surface area contributed by atoms with Gasteiger partial charge in [-0.3, -0.25) is 4.90 Å². The van der Waals surface area contributed by atoms with Crippen LogP contribution in [-0.2, 0) is 6.54 Å². The van der Waals surface area contributed by atoms with Crippen molar-refractivity contribution in [3.05, 3.63) is 47.8 Å². The Morgan fingerprint density at radius 3 is 1.82 bits per heavy atom. The molecule has 2 saturated heterocycles. The standard InChI is InChI=1S/C22H32N6/c1-3-25-9-13-27(14-10-25)21-17-22(24-19(2)23-21)28-15-11-26(12-16-28)18-20-7-5-4-6-8-20/h4-8,17H,3,9-16,18H2,1-2H3. The summed E-state index contributed by atoms with van der Waals surface area (Å²) in [4.78, 5) is 19.3. The van der Waals surface area contributed by atoms with Crippen LogP contribution in [0.1, 0.15) is 18.3 Å². The van der Waals surface area contributed by atoms with Gasteiger partial charge in [0.15, 0.2) is 0 Å². The second-order valence-corrected chi connectivity index (χ2v) is 7.80. The van der Waals surface area contributed by atoms with Crippen molar-refractivity contribution >= 4 is 11.6 Å². The molecule has 0 N–H and O–H groups in total. The van der Waals surface area contributed by atoms with Gasteiger partial charge in [0, 0.05) is 65.0 Å². The van der Waals surface area contributed by atoms with Crippen molar-refractivity contribution in [1.29, 1.82) is 0 Å². The molecule has 2 aliphatic rings. The van der Waals surface area contributed by atoms with E-state index in [-0.39, 0.29) is 0 Å². The molecular formula is C22H32N6. The molecule has 28 heavy (non-hydrogen) atoms. The van der Waals surface area contributed by atoms with Gasteiger partial charge in [0.25, 0.3) is 0 Å². The smallest absolute Gasteiger partial charge is 0.134 e. The van der Waals surface area contributed by atoms with Crippen LogP contribution in [0.4, 0.5) is 11.6 Å². The molecule has 3 heterocycles. The summed E-state index contributed by atoms with van der Waals surface area (Å²) in [6.07, 6.45) is 0. The zero-order valence-electron chi connectivity index (χ0n) is 17.2. The molecule has 0 radical (unpaired) electrons. The SMILES string of the molecule is CCN1CCN(c2cc(N3CCN(Cc4ccccc4)CC3)nc(C)n2)CC1. The molecule has 0 spiro atoms. The van der Waals surface area contributed by atoms with E-state index in [1.54, 1.807) is 0 Å². The fraction of sp³-hybridized carbons (Fsp3) is 0.545. The number of hydrogen-bond donors (Lipinski definition) is 0. The van der Waals surface area contributed by atoms with E-state index in [0.717, 1.165) is 82.9 Å². The summed E-state index contributed by atoms with van der Waals surface area (Å²) in [6, 6.07) is 12.9. The third-order valence-corrected chi connectivity index (χ3v) is 5.90. The Kier molecular flexibility index (Phi) is 6.07. The van der Waals surface area contributed by atoms with E-state index in [1.165, 1.54) is 5.56 Å². The second kappa shape index (κ2) is 8.88. The molecule has 2 aliphatic heterocycles. The molecule has 2 aromatic rings. The van der Waals surface area contributed by atoms with Gasteiger partial charge in [0.05, 0.1) is 0 Å². The number of piperazine rings is 2. The lowest BCUT2D eigenvalue weighted by Crippen LogP contribution is -2.47. The van der Waals surface area contributed by atoms with Gasteiger partial charge < -0.3 is 14.7 Å². The van der Waals surface area contributed by atoms with Crippen molar-refractivity contribution < 1.29 is 0 Å². The number of rotatable bonds is 5. The molecular weight excluding hydrogens is 348 g/mol. The number of likely N-dealkylation sites (N-methyl/N-ethyl adjacent to an activating group) is 1. The highest BCUT2D eigenvalue weighted by molar-refractivity contribution is 5.51. The van der Waals surface area contributed by atoms with Gasteiger partial charge in [-0.1, -0.05) is 37.3 Å². The first-order valence-corrected chi connectivity index (χ1v) is 10.6. The molecule has 1 aromatic carbocycles. The van der Waals surface area contributed by atoms with Crippen LogP contribution in [0.5, 0.6) is 0 Å². The molecule has 6 heteroatoms. The van der Waals surface area contributed by atoms with Gasteiger partial charge >= 0.3 is 0 Å². The highest BCUT2D eigenvalue weighted by atomic mass is 15.3. The van der Waals surface area contributed by atoms with Crippen molar-refractivity contribution in [2.45, 2.75) is 20.4 Å². The van der Waals surface area contributed by atoms with E-state index in [9.17, 15) is 0 Å². The summed E-state index contributed by atoms with van der Waals surface area (Å²) >= 11 is 0. The lowest BCUT2D eigenvalue weighted by Gasteiger charge is -2.37. The number of aryl methyl sites for hydroxylation is 1. The molecule has 0 atom stereocenters. The molecule has 0 saturated carbocycles. The fourth-order valence-corrected chi connectivity index (χ4v) is 4.13. The van der Waals surface area contributed by atoms with Crippen molar-refractivity contribution in [3.63, 3.8) is 0 Å². The Balaban J connectivity index is 1.38. The Morgan fingerprint density at radius 1 is 0.750 bits per heavy atom. The van der Waals surface area contributed by atoms with Crippen LogP contribution in [0, 0.1) is 6.92 Å². The molecule has 2 fully saturated rings. The fourth-order valence-electron chi connectivity index (χ4n) is 4.13. The van der Waals surface area contributed by atoms with Crippen molar-refractivity contribution in [2.24, 2.45) is 0 Å². The van der Waals surface area contributed by atoms with Gasteiger partial charge in [-0.2, -0.15) is 0 Å². The first-order valence-electron chi connectivity index (χ1n) is 10.6. The lowest BCUT2D eigenvalue weighted by molar-refractivity contribution is 0.249. The number of benzene rings is 1. The monoisotopic (exact) mass is 380 g/mol. The van der Waals surface area contributed by atoms with Crippen molar-refractivity contribution in [2.75, 3.05) is 68.7 Å². The third kappa shape index (κ3) is 4.62. The Bertz CT molecular complexity index is 749. The lowest BCUT2D eigenvalue weighted by atomic mass is 10.2. The van der Waals surface area contributed by atoms with Crippen LogP contribution in [0.2, 0.25) is 0 Å². The maximum atomic E-state index is 4.75. The van der Waals surface area contributed by atoms with Crippen molar-refractivity contribution in [1.82, 2.24) is 19.8 Å². The van der Waals surface area contributed by atoms with E-state index in [2.05, 4.69) is 62.9 Å². The first kappa shape index (κ1) is 19.2. The minimum atomic E-state index is 0.872. The van der Waals surface area contributed by atoms with E-state index in [0.29, 0.717) is 0 Å². The highest BCUT2D eigenvalue weighted by Crippen LogP contribution is 2.22. The molecule has 1 aromatic heterocycles. The second-order valence-electron chi connectivity index (χ2n) is 7.80. The summed E-state index contributed by atoms with van der Waals surface area (Å²) in [5.74, 6) is 3.04. The average Bonchev–Trinajstić information content (AvgIpc) is 2.75. The summed E-state index contributed by atoms with van der Waals surface area (Å²) in [7, 11) is 0. The molecule has 150 valence electrons. The van der Waals surface area contributed by atoms with Gasteiger partial charge in [0.1, 0.15) is 17.5 Å². The molecule has 0 aliphatic carbocycles. The number of anilines is 2. The van der Waals surface area contributed by atoms with E-state index in [1.807, 2.05) is 6.92 Å². The van der Waals surface area contributed by atoms with Crippen LogP contribution in [0.25, 0.3) is 0 Å². The normalized spacial score (nSPS) is 19.2. The van der Waals surface area contributed by atoms with Gasteiger partial charge in [-0.25, -0.2) is 9.97 Å². The Morgan fingerprint density at radius 2 is 1.29 bits per heavy atom. The predicted octanol–water partition coefficient (Wildman–Crippen LogP) is 2.25. The topological polar surface area (TPSA) is 38.7 Å². The largest absolute Gasteiger partial charge is 0.354 e. The molecule has 0 bridgehead atoms. The number of hydrogen-bond acceptors (Lipinski definition) is 6. The zero-order valence-corrected chi connectivity index (χ0v) is 17.2. The average molecular weight is 381 g/mol. The van der Waals surface area contributed by atoms with Crippen LogP contribution < -0.4 is 9.80 Å². The van der Waals surface area contributed by atoms with E-state index >= 15 is 0 Å². The summed E-state index contributed by atoms with van der Waals surface area (Å²) in [5.41, 5.74) is 1.39. The van der Waals surface area contributed by atoms with Crippen LogP contribution >= 0.6 is 0 Å². The van der Waals surface area contributed by atoms with E-state index in [4.69, 9.17) is 9.97 Å². The van der Waals surface area contributed by atoms with Crippen LogP contribution in [-0.4, -0.2) is 78.7 Å². The van der Waals surface area contributed by atoms with Crippen LogP contribution in [0.3, 0.4) is 0 Å². The summed E-state index contributed by atoms with van der Waals surface area (Å²) in [5, 5.41) is 0. The Hall–Kier alpha value is -2.18. The third-order valence-electron chi connectivity index (χ3n) is 5.90. The summed E-state index contributed by atoms with van der Waals surface area (Å²) in [6.45, 7) is 14.9.